The Morgan fingerprint density at radius 1 is 0.950 bits per heavy atom. The summed E-state index contributed by atoms with van der Waals surface area (Å²) >= 11 is 1.07. The molecule has 0 amide bonds. The quantitative estimate of drug-likeness (QED) is 0.635. The molecule has 1 aromatic carbocycles. The lowest BCUT2D eigenvalue weighted by molar-refractivity contribution is 1.18. The van der Waals surface area contributed by atoms with Gasteiger partial charge in [0.1, 0.15) is 12.1 Å². The van der Waals surface area contributed by atoms with Crippen molar-refractivity contribution in [2.75, 3.05) is 10.0 Å². The van der Waals surface area contributed by atoms with Crippen LogP contribution < -0.4 is 15.2 Å². The summed E-state index contributed by atoms with van der Waals surface area (Å²) in [4.78, 5) is 12.6. The van der Waals surface area contributed by atoms with Gasteiger partial charge in [0.2, 0.25) is 0 Å². The van der Waals surface area contributed by atoms with Crippen molar-refractivity contribution in [3.63, 3.8) is 0 Å². The van der Waals surface area contributed by atoms with E-state index in [4.69, 9.17) is 5.14 Å². The molecule has 4 N–H and O–H groups in total. The zero-order valence-corrected chi connectivity index (χ0v) is 11.3. The number of pyridine rings is 1. The van der Waals surface area contributed by atoms with Crippen molar-refractivity contribution in [2.24, 2.45) is 5.14 Å². The van der Waals surface area contributed by atoms with Crippen molar-refractivity contribution in [3.05, 3.63) is 48.9 Å². The highest BCUT2D eigenvalue weighted by Gasteiger charge is 2.04. The molecule has 0 fully saturated rings. The van der Waals surface area contributed by atoms with Crippen LogP contribution in [0.1, 0.15) is 0 Å². The maximum atomic E-state index is 5.35. The summed E-state index contributed by atoms with van der Waals surface area (Å²) in [6.07, 6.45) is 3.21. The molecule has 2 heterocycles. The third kappa shape index (κ3) is 2.63. The highest BCUT2D eigenvalue weighted by molar-refractivity contribution is 7.98. The van der Waals surface area contributed by atoms with Gasteiger partial charge in [-0.1, -0.05) is 0 Å². The second kappa shape index (κ2) is 5.72. The second-order valence-corrected chi connectivity index (χ2v) is 4.46. The highest BCUT2D eigenvalue weighted by Crippen LogP contribution is 2.22. The van der Waals surface area contributed by atoms with Crippen molar-refractivity contribution in [1.82, 2.24) is 15.0 Å². The van der Waals surface area contributed by atoms with Crippen molar-refractivity contribution in [3.8, 4) is 0 Å². The van der Waals surface area contributed by atoms with Crippen LogP contribution in [-0.4, -0.2) is 15.0 Å². The number of aromatic nitrogens is 3. The fraction of sp³-hybridized carbons (Fsp3) is 0. The number of fused-ring (bicyclic) bond motifs is 1. The summed E-state index contributed by atoms with van der Waals surface area (Å²) in [5.74, 6) is 0.733. The van der Waals surface area contributed by atoms with E-state index in [-0.39, 0.29) is 0 Å². The zero-order valence-electron chi connectivity index (χ0n) is 10.4. The molecule has 20 heavy (non-hydrogen) atoms. The first-order valence-corrected chi connectivity index (χ1v) is 6.79. The van der Waals surface area contributed by atoms with E-state index >= 15 is 0 Å². The van der Waals surface area contributed by atoms with E-state index in [0.29, 0.717) is 5.65 Å². The Bertz CT molecular complexity index is 710. The van der Waals surface area contributed by atoms with Gasteiger partial charge in [-0.25, -0.2) is 15.0 Å². The number of nitrogens with two attached hydrogens (primary N) is 1. The molecule has 0 bridgehead atoms. The molecule has 0 radical (unpaired) electrons. The molecule has 0 unspecified atom stereocenters. The molecule has 0 saturated heterocycles. The third-order valence-corrected chi connectivity index (χ3v) is 3.09. The molecule has 3 aromatic rings. The Morgan fingerprint density at radius 2 is 1.75 bits per heavy atom. The number of benzene rings is 1. The Kier molecular flexibility index (Phi) is 3.62. The van der Waals surface area contributed by atoms with Crippen LogP contribution in [0.4, 0.5) is 17.2 Å². The van der Waals surface area contributed by atoms with Gasteiger partial charge in [-0.15, -0.1) is 0 Å². The molecule has 6 nitrogen and oxygen atoms in total. The van der Waals surface area contributed by atoms with Crippen molar-refractivity contribution < 1.29 is 0 Å². The van der Waals surface area contributed by atoms with Crippen LogP contribution in [0.5, 0.6) is 0 Å². The lowest BCUT2D eigenvalue weighted by Gasteiger charge is -2.08. The van der Waals surface area contributed by atoms with E-state index in [1.54, 1.807) is 6.20 Å². The lowest BCUT2D eigenvalue weighted by atomic mass is 10.2. The van der Waals surface area contributed by atoms with E-state index in [9.17, 15) is 0 Å². The molecule has 0 aliphatic carbocycles. The van der Waals surface area contributed by atoms with E-state index in [0.717, 1.165) is 34.7 Å². The monoisotopic (exact) mass is 284 g/mol. The van der Waals surface area contributed by atoms with Gasteiger partial charge in [0.25, 0.3) is 0 Å². The minimum absolute atomic E-state index is 0.669. The molecular formula is C13H12N6S. The Labute approximate surface area is 120 Å². The fourth-order valence-electron chi connectivity index (χ4n) is 1.82. The minimum atomic E-state index is 0.669. The SMILES string of the molecule is NSNc1ccc(Nc2ncnc3ncccc23)cc1. The number of hydrogen-bond donors (Lipinski definition) is 3. The maximum absolute atomic E-state index is 5.35. The van der Waals surface area contributed by atoms with E-state index < -0.39 is 0 Å². The number of anilines is 3. The molecule has 0 aliphatic heterocycles. The van der Waals surface area contributed by atoms with Gasteiger partial charge in [0.15, 0.2) is 5.65 Å². The summed E-state index contributed by atoms with van der Waals surface area (Å²) in [5.41, 5.74) is 2.54. The van der Waals surface area contributed by atoms with Gasteiger partial charge in [0, 0.05) is 29.7 Å². The standard InChI is InChI=1S/C13H12N6S/c14-20-19-10-5-3-9(4-6-10)18-13-11-2-1-7-15-12(11)16-8-17-13/h1-8,19H,14H2,(H,15,16,17,18). The maximum Gasteiger partial charge on any atom is 0.164 e. The molecule has 3 rings (SSSR count). The van der Waals surface area contributed by atoms with Crippen molar-refractivity contribution >= 4 is 40.4 Å². The predicted octanol–water partition coefficient (Wildman–Crippen LogP) is 2.70. The largest absolute Gasteiger partial charge is 0.340 e. The Hall–Kier alpha value is -2.38. The van der Waals surface area contributed by atoms with Crippen LogP contribution >= 0.6 is 12.1 Å². The Morgan fingerprint density at radius 3 is 2.55 bits per heavy atom. The van der Waals surface area contributed by atoms with Crippen LogP contribution in [0.3, 0.4) is 0 Å². The molecular weight excluding hydrogens is 272 g/mol. The van der Waals surface area contributed by atoms with Gasteiger partial charge >= 0.3 is 0 Å². The van der Waals surface area contributed by atoms with Crippen molar-refractivity contribution in [2.45, 2.75) is 0 Å². The summed E-state index contributed by atoms with van der Waals surface area (Å²) in [6, 6.07) is 11.6. The number of nitrogens with one attached hydrogen (secondary N) is 2. The normalized spacial score (nSPS) is 10.4. The molecule has 0 atom stereocenters. The summed E-state index contributed by atoms with van der Waals surface area (Å²) in [5, 5.41) is 9.49. The van der Waals surface area contributed by atoms with Gasteiger partial charge in [-0.2, -0.15) is 0 Å². The van der Waals surface area contributed by atoms with E-state index in [1.807, 2.05) is 36.4 Å². The van der Waals surface area contributed by atoms with Gasteiger partial charge in [-0.3, -0.25) is 5.14 Å². The molecule has 0 saturated carbocycles. The number of rotatable bonds is 4. The first kappa shape index (κ1) is 12.6. The average Bonchev–Trinajstić information content (AvgIpc) is 2.50. The summed E-state index contributed by atoms with van der Waals surface area (Å²) in [6.45, 7) is 0. The lowest BCUT2D eigenvalue weighted by Crippen LogP contribution is -1.97. The van der Waals surface area contributed by atoms with Crippen LogP contribution in [-0.2, 0) is 0 Å². The minimum Gasteiger partial charge on any atom is -0.340 e. The van der Waals surface area contributed by atoms with Crippen molar-refractivity contribution in [1.29, 1.82) is 0 Å². The molecule has 7 heteroatoms. The van der Waals surface area contributed by atoms with E-state index in [2.05, 4.69) is 25.0 Å². The first-order valence-electron chi connectivity index (χ1n) is 5.91. The molecule has 100 valence electrons. The van der Waals surface area contributed by atoms with Gasteiger partial charge in [0.05, 0.1) is 5.39 Å². The highest BCUT2D eigenvalue weighted by atomic mass is 32.2. The van der Waals surface area contributed by atoms with Gasteiger partial charge in [-0.05, 0) is 36.4 Å². The smallest absolute Gasteiger partial charge is 0.164 e. The molecule has 0 spiro atoms. The van der Waals surface area contributed by atoms with Crippen LogP contribution in [0.2, 0.25) is 0 Å². The van der Waals surface area contributed by atoms with E-state index in [1.165, 1.54) is 6.33 Å². The zero-order chi connectivity index (χ0) is 13.8. The summed E-state index contributed by atoms with van der Waals surface area (Å²) < 4.78 is 2.96. The topological polar surface area (TPSA) is 88.8 Å². The second-order valence-electron chi connectivity index (χ2n) is 4.02. The molecule has 2 aromatic heterocycles. The number of nitrogens with zero attached hydrogens (tertiary/aromatic N) is 3. The first-order chi connectivity index (χ1) is 9.86. The number of hydrogen-bond acceptors (Lipinski definition) is 7. The summed E-state index contributed by atoms with van der Waals surface area (Å²) in [7, 11) is 0. The fourth-order valence-corrected chi connectivity index (χ4v) is 2.09. The van der Waals surface area contributed by atoms with Gasteiger partial charge < -0.3 is 10.0 Å². The average molecular weight is 284 g/mol. The third-order valence-electron chi connectivity index (χ3n) is 2.73. The molecule has 0 aliphatic rings. The van der Waals surface area contributed by atoms with Crippen LogP contribution in [0.25, 0.3) is 11.0 Å². The van der Waals surface area contributed by atoms with Crippen LogP contribution in [0, 0.1) is 0 Å². The van der Waals surface area contributed by atoms with Crippen LogP contribution in [0.15, 0.2) is 48.9 Å². The predicted molar refractivity (Wildman–Crippen MR) is 82.5 cm³/mol. The Balaban J connectivity index is 1.89.